The molecule has 8 nitrogen and oxygen atoms in total. The molecule has 206 valence electrons. The second-order valence-corrected chi connectivity index (χ2v) is 11.9. The molecule has 1 aliphatic heterocycles. The average molecular weight is 550 g/mol. The maximum atomic E-state index is 12.7. The van der Waals surface area contributed by atoms with Crippen LogP contribution in [0.1, 0.15) is 30.4 Å². The molecule has 1 saturated heterocycles. The molecule has 2 unspecified atom stereocenters. The highest BCUT2D eigenvalue weighted by Gasteiger charge is 2.32. The molecule has 0 saturated carbocycles. The van der Waals surface area contributed by atoms with Crippen molar-refractivity contribution < 1.29 is 22.7 Å². The molecule has 1 heterocycles. The lowest BCUT2D eigenvalue weighted by atomic mass is 9.85. The van der Waals surface area contributed by atoms with Crippen LogP contribution in [0.3, 0.4) is 0 Å². The van der Waals surface area contributed by atoms with Crippen LogP contribution in [0.2, 0.25) is 0 Å². The van der Waals surface area contributed by atoms with Gasteiger partial charge in [-0.15, -0.1) is 0 Å². The Labute approximate surface area is 230 Å². The molecule has 9 heteroatoms. The van der Waals surface area contributed by atoms with Crippen LogP contribution in [-0.4, -0.2) is 64.2 Å². The Morgan fingerprint density at radius 1 is 1.00 bits per heavy atom. The molecule has 39 heavy (non-hydrogen) atoms. The minimum Gasteiger partial charge on any atom is -0.496 e. The van der Waals surface area contributed by atoms with E-state index in [9.17, 15) is 18.0 Å². The predicted molar refractivity (Wildman–Crippen MR) is 151 cm³/mol. The molecule has 2 N–H and O–H groups in total. The van der Waals surface area contributed by atoms with E-state index in [0.717, 1.165) is 34.4 Å². The minimum atomic E-state index is -3.26. The summed E-state index contributed by atoms with van der Waals surface area (Å²) in [5.74, 6) is 0.542. The summed E-state index contributed by atoms with van der Waals surface area (Å²) in [6, 6.07) is 23.1. The van der Waals surface area contributed by atoms with E-state index in [1.807, 2.05) is 47.4 Å². The van der Waals surface area contributed by atoms with Gasteiger partial charge >= 0.3 is 0 Å². The first-order chi connectivity index (χ1) is 18.7. The Hall–Kier alpha value is -3.69. The van der Waals surface area contributed by atoms with E-state index in [2.05, 4.69) is 28.8 Å². The van der Waals surface area contributed by atoms with Gasteiger partial charge < -0.3 is 20.3 Å². The van der Waals surface area contributed by atoms with E-state index >= 15 is 0 Å². The predicted octanol–water partition coefficient (Wildman–Crippen LogP) is 3.38. The van der Waals surface area contributed by atoms with Crippen molar-refractivity contribution in [1.82, 2.24) is 15.5 Å². The van der Waals surface area contributed by atoms with Crippen molar-refractivity contribution in [3.05, 3.63) is 83.9 Å². The van der Waals surface area contributed by atoms with E-state index in [4.69, 9.17) is 4.74 Å². The van der Waals surface area contributed by atoms with Gasteiger partial charge in [0.1, 0.15) is 5.75 Å². The van der Waals surface area contributed by atoms with E-state index in [1.165, 1.54) is 13.2 Å². The van der Waals surface area contributed by atoms with Crippen LogP contribution in [0.5, 0.6) is 5.75 Å². The molecule has 2 amide bonds. The van der Waals surface area contributed by atoms with Crippen molar-refractivity contribution >= 4 is 21.7 Å². The van der Waals surface area contributed by atoms with Crippen LogP contribution in [0.4, 0.5) is 0 Å². The highest BCUT2D eigenvalue weighted by atomic mass is 32.2. The smallest absolute Gasteiger partial charge is 0.241 e. The van der Waals surface area contributed by atoms with E-state index < -0.39 is 9.84 Å². The fourth-order valence-electron chi connectivity index (χ4n) is 5.00. The number of methoxy groups -OCH3 is 1. The minimum absolute atomic E-state index is 0.00406. The first-order valence-corrected chi connectivity index (χ1v) is 14.8. The summed E-state index contributed by atoms with van der Waals surface area (Å²) in [6.07, 6.45) is 1.96. The standard InChI is InChI=1S/C30H35N3O5S/c1-21(34)31-19-30(35)33-16-15-28(27(20-33)23-7-5-4-6-8-23)32-18-25-17-24(11-14-29(25)38-2)22-9-12-26(13-10-22)39(3,36)37/h4-14,17,27-28,32H,15-16,18-20H2,1-3H3,(H,31,34). The molecule has 0 radical (unpaired) electrons. The topological polar surface area (TPSA) is 105 Å². The number of amides is 2. The number of rotatable bonds is 9. The molecule has 4 rings (SSSR count). The number of piperidine rings is 1. The molecule has 1 aliphatic rings. The molecule has 0 aliphatic carbocycles. The summed E-state index contributed by atoms with van der Waals surface area (Å²) < 4.78 is 29.3. The third-order valence-corrected chi connectivity index (χ3v) is 8.26. The van der Waals surface area contributed by atoms with Gasteiger partial charge in [-0.05, 0) is 47.4 Å². The van der Waals surface area contributed by atoms with Gasteiger partial charge in [0.25, 0.3) is 0 Å². The summed E-state index contributed by atoms with van der Waals surface area (Å²) >= 11 is 0. The number of sulfone groups is 1. The Bertz CT molecular complexity index is 1410. The monoisotopic (exact) mass is 549 g/mol. The summed E-state index contributed by atoms with van der Waals surface area (Å²) in [4.78, 5) is 26.1. The fraction of sp³-hybridized carbons (Fsp3) is 0.333. The van der Waals surface area contributed by atoms with Gasteiger partial charge in [-0.1, -0.05) is 48.5 Å². The van der Waals surface area contributed by atoms with E-state index in [0.29, 0.717) is 19.6 Å². The molecule has 3 aromatic rings. The SMILES string of the molecule is COc1ccc(-c2ccc(S(C)(=O)=O)cc2)cc1CNC1CCN(C(=O)CNC(C)=O)CC1c1ccccc1. The van der Waals surface area contributed by atoms with Crippen LogP contribution in [-0.2, 0) is 26.0 Å². The third kappa shape index (κ3) is 7.25. The number of likely N-dealkylation sites (tertiary alicyclic amines) is 1. The highest BCUT2D eigenvalue weighted by molar-refractivity contribution is 7.90. The highest BCUT2D eigenvalue weighted by Crippen LogP contribution is 2.30. The van der Waals surface area contributed by atoms with Gasteiger partial charge in [0.2, 0.25) is 11.8 Å². The number of benzene rings is 3. The Kier molecular flexibility index (Phi) is 9.04. The van der Waals surface area contributed by atoms with Crippen molar-refractivity contribution in [2.75, 3.05) is 33.0 Å². The molecule has 1 fully saturated rings. The van der Waals surface area contributed by atoms with E-state index in [1.54, 1.807) is 19.2 Å². The van der Waals surface area contributed by atoms with Crippen LogP contribution < -0.4 is 15.4 Å². The van der Waals surface area contributed by atoms with Crippen LogP contribution in [0.25, 0.3) is 11.1 Å². The Morgan fingerprint density at radius 2 is 1.69 bits per heavy atom. The van der Waals surface area contributed by atoms with Gasteiger partial charge in [0.15, 0.2) is 9.84 Å². The molecular formula is C30H35N3O5S. The maximum Gasteiger partial charge on any atom is 0.241 e. The van der Waals surface area contributed by atoms with Crippen molar-refractivity contribution in [3.8, 4) is 16.9 Å². The van der Waals surface area contributed by atoms with Gasteiger partial charge in [-0.25, -0.2) is 8.42 Å². The average Bonchev–Trinajstić information content (AvgIpc) is 2.94. The van der Waals surface area contributed by atoms with Crippen molar-refractivity contribution in [2.24, 2.45) is 0 Å². The summed E-state index contributed by atoms with van der Waals surface area (Å²) in [7, 11) is -1.62. The quantitative estimate of drug-likeness (QED) is 0.424. The number of ether oxygens (including phenoxy) is 1. The van der Waals surface area contributed by atoms with Gasteiger partial charge in [0.05, 0.1) is 18.6 Å². The second kappa shape index (κ2) is 12.4. The zero-order valence-electron chi connectivity index (χ0n) is 22.5. The van der Waals surface area contributed by atoms with Gasteiger partial charge in [-0.3, -0.25) is 9.59 Å². The number of nitrogens with one attached hydrogen (secondary N) is 2. The summed E-state index contributed by atoms with van der Waals surface area (Å²) in [5, 5.41) is 6.32. The maximum absolute atomic E-state index is 12.7. The second-order valence-electron chi connectivity index (χ2n) is 9.87. The Morgan fingerprint density at radius 3 is 2.33 bits per heavy atom. The number of nitrogens with zero attached hydrogens (tertiary/aromatic N) is 1. The molecular weight excluding hydrogens is 514 g/mol. The van der Waals surface area contributed by atoms with Gasteiger partial charge in [-0.2, -0.15) is 0 Å². The zero-order chi connectivity index (χ0) is 28.0. The van der Waals surface area contributed by atoms with Crippen LogP contribution >= 0.6 is 0 Å². The first-order valence-electron chi connectivity index (χ1n) is 12.9. The van der Waals surface area contributed by atoms with E-state index in [-0.39, 0.29) is 35.2 Å². The summed E-state index contributed by atoms with van der Waals surface area (Å²) in [6.45, 7) is 3.13. The number of hydrogen-bond donors (Lipinski definition) is 2. The van der Waals surface area contributed by atoms with Crippen molar-refractivity contribution in [2.45, 2.75) is 36.7 Å². The van der Waals surface area contributed by atoms with Crippen LogP contribution in [0, 0.1) is 0 Å². The largest absolute Gasteiger partial charge is 0.496 e. The lowest BCUT2D eigenvalue weighted by Crippen LogP contribution is -2.51. The first kappa shape index (κ1) is 28.3. The summed E-state index contributed by atoms with van der Waals surface area (Å²) in [5.41, 5.74) is 4.02. The molecule has 3 aromatic carbocycles. The molecule has 2 atom stereocenters. The number of carbonyl (C=O) groups is 2. The zero-order valence-corrected chi connectivity index (χ0v) is 23.3. The fourth-order valence-corrected chi connectivity index (χ4v) is 5.64. The third-order valence-electron chi connectivity index (χ3n) is 7.13. The van der Waals surface area contributed by atoms with Crippen molar-refractivity contribution in [3.63, 3.8) is 0 Å². The lowest BCUT2D eigenvalue weighted by Gasteiger charge is -2.39. The number of carbonyl (C=O) groups excluding carboxylic acids is 2. The Balaban J connectivity index is 1.52. The normalized spacial score (nSPS) is 17.5. The molecule has 0 aromatic heterocycles. The number of hydrogen-bond acceptors (Lipinski definition) is 6. The lowest BCUT2D eigenvalue weighted by molar-refractivity contribution is -0.133. The molecule has 0 spiro atoms. The van der Waals surface area contributed by atoms with Crippen molar-refractivity contribution in [1.29, 1.82) is 0 Å². The van der Waals surface area contributed by atoms with Crippen LogP contribution in [0.15, 0.2) is 77.7 Å². The molecule has 0 bridgehead atoms. The van der Waals surface area contributed by atoms with Gasteiger partial charge in [0, 0.05) is 50.3 Å².